The van der Waals surface area contributed by atoms with E-state index >= 15 is 0 Å². The molecule has 8 nitrogen and oxygen atoms in total. The number of rotatable bonds is 13. The van der Waals surface area contributed by atoms with Gasteiger partial charge in [0.05, 0.1) is 17.9 Å². The molecule has 223 valence electrons. The molecule has 0 aromatic heterocycles. The van der Waals surface area contributed by atoms with Gasteiger partial charge in [0.1, 0.15) is 5.84 Å². The fourth-order valence-electron chi connectivity index (χ4n) is 4.33. The monoisotopic (exact) mass is 738 g/mol. The summed E-state index contributed by atoms with van der Waals surface area (Å²) < 4.78 is 5.32. The summed E-state index contributed by atoms with van der Waals surface area (Å²) in [5.74, 6) is 1.92. The first kappa shape index (κ1) is 35.4. The van der Waals surface area contributed by atoms with Gasteiger partial charge in [0.25, 0.3) is 0 Å². The third-order valence-corrected chi connectivity index (χ3v) is 6.85. The molecule has 1 aromatic carbocycles. The van der Waals surface area contributed by atoms with Gasteiger partial charge in [-0.2, -0.15) is 12.6 Å². The van der Waals surface area contributed by atoms with Gasteiger partial charge in [-0.25, -0.2) is 0 Å². The molecule has 0 unspecified atom stereocenters. The van der Waals surface area contributed by atoms with E-state index in [4.69, 9.17) is 16.2 Å². The zero-order chi connectivity index (χ0) is 28.0. The average Bonchev–Trinajstić information content (AvgIpc) is 2.89. The second-order valence-corrected chi connectivity index (χ2v) is 11.2. The molecule has 0 aliphatic carbocycles. The van der Waals surface area contributed by atoms with Crippen LogP contribution in [0, 0.1) is 5.41 Å². The average molecular weight is 738 g/mol. The molecule has 1 radical (unpaired) electrons. The number of hydrogen-bond acceptors (Lipinski definition) is 9. The number of amidine groups is 1. The molecule has 0 spiro atoms. The Morgan fingerprint density at radius 2 is 1.87 bits per heavy atom. The third-order valence-electron chi connectivity index (χ3n) is 6.65. The molecule has 3 rings (SSSR count). The van der Waals surface area contributed by atoms with Crippen LogP contribution in [-0.2, 0) is 29.6 Å². The molecular weight excluding hydrogens is 689 g/mol. The molecule has 1 fully saturated rings. The molecule has 5 N–H and O–H groups in total. The summed E-state index contributed by atoms with van der Waals surface area (Å²) in [6.07, 6.45) is 6.60. The molecule has 0 amide bonds. The van der Waals surface area contributed by atoms with Crippen LogP contribution >= 0.6 is 12.6 Å². The topological polar surface area (TPSA) is 109 Å². The van der Waals surface area contributed by atoms with Gasteiger partial charge in [0.15, 0.2) is 0 Å². The molecule has 0 saturated carbocycles. The Morgan fingerprint density at radius 3 is 2.46 bits per heavy atom. The van der Waals surface area contributed by atoms with Gasteiger partial charge in [-0.1, -0.05) is 34.1 Å². The number of piperazine rings is 1. The van der Waals surface area contributed by atoms with E-state index in [2.05, 4.69) is 64.8 Å². The first-order chi connectivity index (χ1) is 18.2. The number of nitrogens with zero attached hydrogens (tertiary/aromatic N) is 3. The molecule has 2 aliphatic heterocycles. The molecule has 1 aromatic rings. The fraction of sp³-hybridized carbons (Fsp3) is 0.655. The number of nitrogens with one attached hydrogen (secondary N) is 1. The second kappa shape index (κ2) is 18.7. The number of ether oxygens (including phenoxy) is 1. The van der Waals surface area contributed by atoms with E-state index in [1.54, 1.807) is 0 Å². The third kappa shape index (κ3) is 12.2. The van der Waals surface area contributed by atoms with E-state index in [1.165, 1.54) is 5.69 Å². The minimum atomic E-state index is -0.0447. The van der Waals surface area contributed by atoms with Crippen molar-refractivity contribution in [2.75, 3.05) is 68.9 Å². The zero-order valence-corrected chi connectivity index (χ0v) is 27.5. The van der Waals surface area contributed by atoms with Crippen LogP contribution in [0.1, 0.15) is 65.4 Å². The Kier molecular flexibility index (Phi) is 17.0. The van der Waals surface area contributed by atoms with Gasteiger partial charge in [0.2, 0.25) is 0 Å². The van der Waals surface area contributed by atoms with E-state index in [1.807, 2.05) is 20.1 Å². The van der Waals surface area contributed by atoms with Crippen molar-refractivity contribution < 1.29 is 29.6 Å². The zero-order valence-electron chi connectivity index (χ0n) is 24.2. The number of nitrogens with two attached hydrogens (primary N) is 2. The SMILES string of the molecule is CCCCC1=NCC(N)=C(c2ccc(N3CCN(CCS)CC3)cc2N)N1.CCCOCC(C)(C)C[C-]=O.[Ir]. The van der Waals surface area contributed by atoms with Gasteiger partial charge < -0.3 is 31.2 Å². The first-order valence-electron chi connectivity index (χ1n) is 13.9. The molecule has 10 heteroatoms. The summed E-state index contributed by atoms with van der Waals surface area (Å²) in [4.78, 5) is 19.5. The number of carbonyl (C=O) groups excluding carboxylic acids is 1. The van der Waals surface area contributed by atoms with Crippen LogP contribution in [0.4, 0.5) is 11.4 Å². The van der Waals surface area contributed by atoms with Crippen LogP contribution in [0.25, 0.3) is 5.70 Å². The van der Waals surface area contributed by atoms with E-state index in [0.29, 0.717) is 19.6 Å². The largest absolute Gasteiger partial charge is 0.542 e. The molecule has 2 heterocycles. The van der Waals surface area contributed by atoms with Gasteiger partial charge in [-0.05, 0) is 36.5 Å². The van der Waals surface area contributed by atoms with Crippen molar-refractivity contribution >= 4 is 41.8 Å². The molecule has 2 aliphatic rings. The normalized spacial score (nSPS) is 16.0. The van der Waals surface area contributed by atoms with Crippen molar-refractivity contribution in [1.82, 2.24) is 10.2 Å². The predicted molar refractivity (Wildman–Crippen MR) is 165 cm³/mol. The number of aliphatic imine (C=N–C) groups is 1. The Labute approximate surface area is 255 Å². The summed E-state index contributed by atoms with van der Waals surface area (Å²) in [6, 6.07) is 6.31. The summed E-state index contributed by atoms with van der Waals surface area (Å²) in [7, 11) is 0. The van der Waals surface area contributed by atoms with Crippen molar-refractivity contribution in [3.05, 3.63) is 29.5 Å². The maximum Gasteiger partial charge on any atom is 0.101 e. The summed E-state index contributed by atoms with van der Waals surface area (Å²) >= 11 is 4.33. The smallest absolute Gasteiger partial charge is 0.101 e. The number of thiol groups is 1. The van der Waals surface area contributed by atoms with Crippen LogP contribution in [-0.4, -0.2) is 75.3 Å². The summed E-state index contributed by atoms with van der Waals surface area (Å²) in [5, 5.41) is 3.41. The number of unbranched alkanes of at least 4 members (excludes halogenated alkanes) is 1. The molecule has 0 bridgehead atoms. The Balaban J connectivity index is 0.000000541. The number of nitrogen functional groups attached to an aromatic ring is 1. The van der Waals surface area contributed by atoms with Gasteiger partial charge in [-0.3, -0.25) is 16.2 Å². The van der Waals surface area contributed by atoms with Crippen LogP contribution in [0.15, 0.2) is 28.9 Å². The number of hydrogen-bond donors (Lipinski definition) is 4. The minimum Gasteiger partial charge on any atom is -0.542 e. The second-order valence-electron chi connectivity index (χ2n) is 10.8. The van der Waals surface area contributed by atoms with Crippen LogP contribution in [0.3, 0.4) is 0 Å². The summed E-state index contributed by atoms with van der Waals surface area (Å²) in [5.41, 5.74) is 17.2. The number of anilines is 2. The number of benzene rings is 1. The first-order valence-corrected chi connectivity index (χ1v) is 14.6. The summed E-state index contributed by atoms with van der Waals surface area (Å²) in [6.45, 7) is 15.5. The Bertz CT molecular complexity index is 932. The van der Waals surface area contributed by atoms with E-state index in [-0.39, 0.29) is 25.5 Å². The maximum atomic E-state index is 10.1. The van der Waals surface area contributed by atoms with Crippen LogP contribution in [0.2, 0.25) is 0 Å². The molecular formula is C29H49IrN6O2S-. The standard InChI is InChI=1S/C20H32N6S.C9H17O2.Ir/c1-2-3-4-19-23-14-18(22)20(24-19)16-6-5-15(13-17(16)21)26-9-7-25(8-10-26)11-12-27;1-4-7-11-8-9(2,3)5-6-10;/h5-6,13,27H,2-4,7-12,14,21-22H2,1H3,(H,23,24);4-5,7-8H2,1-3H3;/q;-1;. The van der Waals surface area contributed by atoms with Gasteiger partial charge in [0, 0.05) is 95.2 Å². The molecule has 0 atom stereocenters. The predicted octanol–water partition coefficient (Wildman–Crippen LogP) is 4.08. The van der Waals surface area contributed by atoms with Crippen molar-refractivity contribution in [2.24, 2.45) is 16.1 Å². The fourth-order valence-corrected chi connectivity index (χ4v) is 4.62. The van der Waals surface area contributed by atoms with Crippen molar-refractivity contribution in [3.63, 3.8) is 0 Å². The van der Waals surface area contributed by atoms with Crippen LogP contribution in [0.5, 0.6) is 0 Å². The quantitative estimate of drug-likeness (QED) is 0.105. The molecule has 1 saturated heterocycles. The minimum absolute atomic E-state index is 0. The maximum absolute atomic E-state index is 10.1. The van der Waals surface area contributed by atoms with Crippen LogP contribution < -0.4 is 21.7 Å². The van der Waals surface area contributed by atoms with Gasteiger partial charge >= 0.3 is 0 Å². The Hall–Kier alpha value is -1.58. The van der Waals surface area contributed by atoms with E-state index in [9.17, 15) is 4.79 Å². The van der Waals surface area contributed by atoms with E-state index in [0.717, 1.165) is 99.2 Å². The van der Waals surface area contributed by atoms with Crippen molar-refractivity contribution in [3.8, 4) is 0 Å². The van der Waals surface area contributed by atoms with E-state index < -0.39 is 0 Å². The van der Waals surface area contributed by atoms with Crippen molar-refractivity contribution in [1.29, 1.82) is 0 Å². The Morgan fingerprint density at radius 1 is 1.15 bits per heavy atom. The van der Waals surface area contributed by atoms with Gasteiger partial charge in [-0.15, -0.1) is 6.42 Å². The van der Waals surface area contributed by atoms with Crippen molar-refractivity contribution in [2.45, 2.75) is 59.8 Å². The molecule has 39 heavy (non-hydrogen) atoms.